The second-order valence-corrected chi connectivity index (χ2v) is 8.44. The molecule has 3 rings (SSSR count). The van der Waals surface area contributed by atoms with Gasteiger partial charge in [0.15, 0.2) is 0 Å². The maximum absolute atomic E-state index is 12.9. The van der Waals surface area contributed by atoms with Gasteiger partial charge in [-0.05, 0) is 45.2 Å². The largest absolute Gasteiger partial charge is 0.460 e. The number of rotatable bonds is 5. The highest BCUT2D eigenvalue weighted by Gasteiger charge is 2.42. The SMILES string of the molecule is CC[C@@H]1C[C@@H]([C@@H](N)CN2CC(=O)N(c3ccccc3C)CC2(C)C)OC1=O. The van der Waals surface area contributed by atoms with Crippen molar-refractivity contribution in [3.05, 3.63) is 29.8 Å². The standard InChI is InChI=1S/C21H31N3O3/c1-5-15-10-18(27-20(15)26)16(22)11-23-12-19(25)24(13-21(23,3)4)17-9-7-6-8-14(17)2/h6-9,15-16,18H,5,10-13,22H2,1-4H3/t15-,16+,18+/m1/s1. The van der Waals surface area contributed by atoms with Crippen molar-refractivity contribution in [1.29, 1.82) is 0 Å². The quantitative estimate of drug-likeness (QED) is 0.800. The van der Waals surface area contributed by atoms with Crippen LogP contribution in [-0.2, 0) is 14.3 Å². The number of carbonyl (C=O) groups is 2. The van der Waals surface area contributed by atoms with Gasteiger partial charge in [0.25, 0.3) is 0 Å². The molecule has 0 saturated carbocycles. The van der Waals surface area contributed by atoms with Gasteiger partial charge in [0.1, 0.15) is 6.10 Å². The summed E-state index contributed by atoms with van der Waals surface area (Å²) >= 11 is 0. The van der Waals surface area contributed by atoms with Crippen LogP contribution >= 0.6 is 0 Å². The number of nitrogens with two attached hydrogens (primary N) is 1. The number of para-hydroxylation sites is 1. The van der Waals surface area contributed by atoms with Gasteiger partial charge < -0.3 is 15.4 Å². The zero-order valence-corrected chi connectivity index (χ0v) is 16.8. The minimum absolute atomic E-state index is 0.0476. The third kappa shape index (κ3) is 4.01. The average Bonchev–Trinajstić information content (AvgIpc) is 2.99. The van der Waals surface area contributed by atoms with Crippen molar-refractivity contribution in [2.24, 2.45) is 11.7 Å². The Balaban J connectivity index is 1.69. The van der Waals surface area contributed by atoms with Gasteiger partial charge in [-0.2, -0.15) is 0 Å². The summed E-state index contributed by atoms with van der Waals surface area (Å²) in [6, 6.07) is 7.67. The van der Waals surface area contributed by atoms with Crippen LogP contribution in [0.2, 0.25) is 0 Å². The van der Waals surface area contributed by atoms with Crippen LogP contribution in [0, 0.1) is 12.8 Å². The lowest BCUT2D eigenvalue weighted by Gasteiger charge is -2.48. The van der Waals surface area contributed by atoms with Gasteiger partial charge in [0.2, 0.25) is 5.91 Å². The number of cyclic esters (lactones) is 1. The predicted molar refractivity (Wildman–Crippen MR) is 105 cm³/mol. The molecule has 6 heteroatoms. The fourth-order valence-corrected chi connectivity index (χ4v) is 4.07. The van der Waals surface area contributed by atoms with Crippen molar-refractivity contribution in [3.63, 3.8) is 0 Å². The van der Waals surface area contributed by atoms with E-state index < -0.39 is 0 Å². The smallest absolute Gasteiger partial charge is 0.309 e. The fraction of sp³-hybridized carbons (Fsp3) is 0.619. The first-order chi connectivity index (χ1) is 12.7. The summed E-state index contributed by atoms with van der Waals surface area (Å²) < 4.78 is 5.48. The molecule has 2 N–H and O–H groups in total. The minimum Gasteiger partial charge on any atom is -0.460 e. The van der Waals surface area contributed by atoms with Gasteiger partial charge >= 0.3 is 5.97 Å². The zero-order chi connectivity index (χ0) is 19.8. The van der Waals surface area contributed by atoms with E-state index in [0.717, 1.165) is 17.7 Å². The van der Waals surface area contributed by atoms with Crippen LogP contribution in [0.15, 0.2) is 24.3 Å². The second-order valence-electron chi connectivity index (χ2n) is 8.44. The van der Waals surface area contributed by atoms with Crippen LogP contribution in [0.25, 0.3) is 0 Å². The summed E-state index contributed by atoms with van der Waals surface area (Å²) in [5.41, 5.74) is 8.22. The Morgan fingerprint density at radius 1 is 1.30 bits per heavy atom. The molecule has 1 aromatic rings. The molecule has 0 spiro atoms. The zero-order valence-electron chi connectivity index (χ0n) is 16.8. The van der Waals surface area contributed by atoms with Crippen molar-refractivity contribution in [2.75, 3.05) is 24.5 Å². The van der Waals surface area contributed by atoms with Gasteiger partial charge in [0.05, 0.1) is 18.5 Å². The van der Waals surface area contributed by atoms with E-state index in [-0.39, 0.29) is 35.5 Å². The van der Waals surface area contributed by atoms with Gasteiger partial charge in [-0.1, -0.05) is 25.1 Å². The first-order valence-electron chi connectivity index (χ1n) is 9.80. The van der Waals surface area contributed by atoms with E-state index in [0.29, 0.717) is 26.1 Å². The molecule has 0 aromatic heterocycles. The van der Waals surface area contributed by atoms with Crippen molar-refractivity contribution < 1.29 is 14.3 Å². The summed E-state index contributed by atoms with van der Waals surface area (Å²) in [6.07, 6.45) is 1.19. The van der Waals surface area contributed by atoms with Crippen molar-refractivity contribution in [3.8, 4) is 0 Å². The number of carbonyl (C=O) groups excluding carboxylic acids is 2. The number of piperazine rings is 1. The lowest BCUT2D eigenvalue weighted by Crippen LogP contribution is -2.64. The summed E-state index contributed by atoms with van der Waals surface area (Å²) in [5.74, 6) is -0.114. The number of esters is 1. The van der Waals surface area contributed by atoms with E-state index in [9.17, 15) is 9.59 Å². The summed E-state index contributed by atoms with van der Waals surface area (Å²) in [5, 5.41) is 0. The maximum atomic E-state index is 12.9. The average molecular weight is 373 g/mol. The molecule has 0 unspecified atom stereocenters. The number of aryl methyl sites for hydroxylation is 1. The maximum Gasteiger partial charge on any atom is 0.309 e. The highest BCUT2D eigenvalue weighted by atomic mass is 16.6. The van der Waals surface area contributed by atoms with Crippen LogP contribution in [0.4, 0.5) is 5.69 Å². The molecule has 1 amide bonds. The summed E-state index contributed by atoms with van der Waals surface area (Å²) in [7, 11) is 0. The van der Waals surface area contributed by atoms with Crippen LogP contribution in [0.1, 0.15) is 39.2 Å². The number of hydrogen-bond donors (Lipinski definition) is 1. The summed E-state index contributed by atoms with van der Waals surface area (Å²) in [4.78, 5) is 28.7. The van der Waals surface area contributed by atoms with Crippen molar-refractivity contribution >= 4 is 17.6 Å². The Kier molecular flexibility index (Phi) is 5.58. The number of anilines is 1. The molecule has 0 radical (unpaired) electrons. The van der Waals surface area contributed by atoms with Gasteiger partial charge in [-0.15, -0.1) is 0 Å². The Bertz CT molecular complexity index is 718. The topological polar surface area (TPSA) is 75.9 Å². The Hall–Kier alpha value is -1.92. The van der Waals surface area contributed by atoms with E-state index in [4.69, 9.17) is 10.5 Å². The Labute approximate surface area is 161 Å². The number of benzene rings is 1. The molecule has 3 atom stereocenters. The van der Waals surface area contributed by atoms with Crippen molar-refractivity contribution in [2.45, 2.75) is 58.2 Å². The van der Waals surface area contributed by atoms with Crippen LogP contribution in [-0.4, -0.2) is 54.1 Å². The Morgan fingerprint density at radius 2 is 2.00 bits per heavy atom. The minimum atomic E-state index is -0.289. The molecule has 0 bridgehead atoms. The highest BCUT2D eigenvalue weighted by molar-refractivity contribution is 5.96. The third-order valence-electron chi connectivity index (χ3n) is 5.95. The van der Waals surface area contributed by atoms with E-state index in [1.165, 1.54) is 0 Å². The van der Waals surface area contributed by atoms with Crippen LogP contribution in [0.3, 0.4) is 0 Å². The molecule has 2 saturated heterocycles. The number of amides is 1. The molecule has 27 heavy (non-hydrogen) atoms. The van der Waals surface area contributed by atoms with E-state index in [1.807, 2.05) is 43.0 Å². The monoisotopic (exact) mass is 373 g/mol. The predicted octanol–water partition coefficient (Wildman–Crippen LogP) is 2.09. The molecular formula is C21H31N3O3. The Morgan fingerprint density at radius 3 is 2.63 bits per heavy atom. The van der Waals surface area contributed by atoms with Crippen LogP contribution in [0.5, 0.6) is 0 Å². The first kappa shape index (κ1) is 19.8. The van der Waals surface area contributed by atoms with E-state index in [2.05, 4.69) is 18.7 Å². The van der Waals surface area contributed by atoms with Gasteiger partial charge in [0, 0.05) is 24.3 Å². The molecule has 2 fully saturated rings. The van der Waals surface area contributed by atoms with E-state index >= 15 is 0 Å². The highest BCUT2D eigenvalue weighted by Crippen LogP contribution is 2.30. The number of nitrogens with zero attached hydrogens (tertiary/aromatic N) is 2. The molecule has 2 aliphatic heterocycles. The molecule has 6 nitrogen and oxygen atoms in total. The molecule has 2 aliphatic rings. The lowest BCUT2D eigenvalue weighted by atomic mass is 9.94. The van der Waals surface area contributed by atoms with E-state index in [1.54, 1.807) is 0 Å². The molecule has 1 aromatic carbocycles. The number of ether oxygens (including phenoxy) is 1. The molecular weight excluding hydrogens is 342 g/mol. The van der Waals surface area contributed by atoms with Gasteiger partial charge in [-0.25, -0.2) is 0 Å². The molecule has 0 aliphatic carbocycles. The summed E-state index contributed by atoms with van der Waals surface area (Å²) in [6.45, 7) is 9.73. The van der Waals surface area contributed by atoms with Crippen LogP contribution < -0.4 is 10.6 Å². The van der Waals surface area contributed by atoms with Gasteiger partial charge in [-0.3, -0.25) is 14.5 Å². The second kappa shape index (κ2) is 7.60. The normalized spacial score (nSPS) is 26.9. The van der Waals surface area contributed by atoms with Crippen molar-refractivity contribution in [1.82, 2.24) is 4.90 Å². The molecule has 2 heterocycles. The third-order valence-corrected chi connectivity index (χ3v) is 5.95. The first-order valence-corrected chi connectivity index (χ1v) is 9.80. The lowest BCUT2D eigenvalue weighted by molar-refractivity contribution is -0.145. The number of hydrogen-bond acceptors (Lipinski definition) is 5. The fourth-order valence-electron chi connectivity index (χ4n) is 4.07. The molecule has 148 valence electrons.